The number of nitrogens with zero attached hydrogens (tertiary/aromatic N) is 2. The van der Waals surface area contributed by atoms with Crippen LogP contribution in [0.4, 0.5) is 34.1 Å². The number of benzene rings is 10. The highest BCUT2D eigenvalue weighted by Gasteiger charge is 2.27. The second kappa shape index (κ2) is 16.1. The molecule has 2 aliphatic carbocycles. The van der Waals surface area contributed by atoms with Crippen LogP contribution in [0, 0.1) is 27.7 Å². The van der Waals surface area contributed by atoms with Gasteiger partial charge in [0, 0.05) is 44.3 Å². The van der Waals surface area contributed by atoms with E-state index in [1.54, 1.807) is 0 Å². The first-order chi connectivity index (χ1) is 32.3. The summed E-state index contributed by atoms with van der Waals surface area (Å²) in [5.74, 6) is 0. The Morgan fingerprint density at radius 2 is 0.742 bits per heavy atom. The van der Waals surface area contributed by atoms with Crippen LogP contribution >= 0.6 is 0 Å². The van der Waals surface area contributed by atoms with Gasteiger partial charge in [-0.25, -0.2) is 0 Å². The van der Waals surface area contributed by atoms with Gasteiger partial charge in [0.2, 0.25) is 0 Å². The van der Waals surface area contributed by atoms with Crippen molar-refractivity contribution in [3.05, 3.63) is 227 Å². The summed E-state index contributed by atoms with van der Waals surface area (Å²) in [6, 6.07) is 64.8. The SMILES string of the molecule is Cc1cc(C)cc(N(c2ccc3c(c2)C=CCC3)c2cc(-c3ccccc3)c3ccc4c(N(c5cc(C)cc(C)c5)c5ccc6c(c5)C=CCC6)cc(-c5ccccc5)c5ccc2c3c54)c1. The number of allylic oxidation sites excluding steroid dienone is 2. The molecule has 0 bridgehead atoms. The zero-order valence-electron chi connectivity index (χ0n) is 38.2. The van der Waals surface area contributed by atoms with Crippen LogP contribution in [0.1, 0.15) is 57.3 Å². The average molecular weight is 849 g/mol. The number of rotatable bonds is 8. The van der Waals surface area contributed by atoms with Gasteiger partial charge in [0.1, 0.15) is 0 Å². The Morgan fingerprint density at radius 1 is 0.348 bits per heavy atom. The maximum atomic E-state index is 2.53. The molecule has 0 N–H and O–H groups in total. The van der Waals surface area contributed by atoms with Gasteiger partial charge >= 0.3 is 0 Å². The summed E-state index contributed by atoms with van der Waals surface area (Å²) in [6.07, 6.45) is 13.6. The molecule has 0 saturated carbocycles. The van der Waals surface area contributed by atoms with E-state index in [-0.39, 0.29) is 0 Å². The normalized spacial score (nSPS) is 13.1. The van der Waals surface area contributed by atoms with Crippen LogP contribution in [0.15, 0.2) is 182 Å². The van der Waals surface area contributed by atoms with Crippen LogP contribution in [-0.2, 0) is 12.8 Å². The number of hydrogen-bond acceptors (Lipinski definition) is 2. The molecular weight excluding hydrogens is 797 g/mol. The molecule has 318 valence electrons. The van der Waals surface area contributed by atoms with E-state index in [1.807, 2.05) is 0 Å². The summed E-state index contributed by atoms with van der Waals surface area (Å²) < 4.78 is 0. The molecule has 0 aromatic heterocycles. The molecule has 12 rings (SSSR count). The summed E-state index contributed by atoms with van der Waals surface area (Å²) in [7, 11) is 0. The van der Waals surface area contributed by atoms with Crippen molar-refractivity contribution in [3.63, 3.8) is 0 Å². The third kappa shape index (κ3) is 6.88. The zero-order valence-corrected chi connectivity index (χ0v) is 38.2. The Hall–Kier alpha value is -7.68. The molecule has 2 heteroatoms. The lowest BCUT2D eigenvalue weighted by Crippen LogP contribution is -2.13. The van der Waals surface area contributed by atoms with E-state index >= 15 is 0 Å². The van der Waals surface area contributed by atoms with Gasteiger partial charge in [0.15, 0.2) is 0 Å². The first-order valence-corrected chi connectivity index (χ1v) is 23.6. The van der Waals surface area contributed by atoms with E-state index in [4.69, 9.17) is 0 Å². The van der Waals surface area contributed by atoms with Crippen LogP contribution in [0.25, 0.3) is 66.7 Å². The molecule has 0 spiro atoms. The molecule has 10 aromatic rings. The summed E-state index contributed by atoms with van der Waals surface area (Å²) >= 11 is 0. The summed E-state index contributed by atoms with van der Waals surface area (Å²) in [5, 5.41) is 7.51. The van der Waals surface area contributed by atoms with Gasteiger partial charge in [-0.1, -0.05) is 133 Å². The molecule has 10 aromatic carbocycles. The minimum absolute atomic E-state index is 1.07. The molecular formula is C64H52N2. The lowest BCUT2D eigenvalue weighted by molar-refractivity contribution is 0.985. The first-order valence-electron chi connectivity index (χ1n) is 23.6. The summed E-state index contributed by atoms with van der Waals surface area (Å²) in [4.78, 5) is 5.06. The van der Waals surface area contributed by atoms with E-state index in [1.165, 1.54) is 110 Å². The van der Waals surface area contributed by atoms with Gasteiger partial charge in [-0.05, 0) is 192 Å². The van der Waals surface area contributed by atoms with Crippen molar-refractivity contribution in [2.24, 2.45) is 0 Å². The monoisotopic (exact) mass is 848 g/mol. The molecule has 0 amide bonds. The van der Waals surface area contributed by atoms with Gasteiger partial charge in [-0.3, -0.25) is 0 Å². The van der Waals surface area contributed by atoms with Crippen molar-refractivity contribution < 1.29 is 0 Å². The van der Waals surface area contributed by atoms with Gasteiger partial charge < -0.3 is 9.80 Å². The quantitative estimate of drug-likeness (QED) is 0.141. The van der Waals surface area contributed by atoms with Crippen molar-refractivity contribution in [2.75, 3.05) is 9.80 Å². The Balaban J connectivity index is 1.23. The predicted octanol–water partition coefficient (Wildman–Crippen LogP) is 18.0. The van der Waals surface area contributed by atoms with E-state index in [0.29, 0.717) is 0 Å². The van der Waals surface area contributed by atoms with Crippen molar-refractivity contribution >= 4 is 78.6 Å². The minimum atomic E-state index is 1.07. The van der Waals surface area contributed by atoms with Crippen molar-refractivity contribution in [2.45, 2.75) is 53.4 Å². The van der Waals surface area contributed by atoms with Crippen molar-refractivity contribution in [1.29, 1.82) is 0 Å². The maximum absolute atomic E-state index is 2.53. The first kappa shape index (κ1) is 39.9. The Labute approximate surface area is 388 Å². The lowest BCUT2D eigenvalue weighted by atomic mass is 9.85. The van der Waals surface area contributed by atoms with Crippen molar-refractivity contribution in [3.8, 4) is 22.3 Å². The van der Waals surface area contributed by atoms with Crippen LogP contribution in [0.5, 0.6) is 0 Å². The molecule has 0 heterocycles. The van der Waals surface area contributed by atoms with Gasteiger partial charge in [0.05, 0.1) is 11.4 Å². The Morgan fingerprint density at radius 3 is 1.15 bits per heavy atom. The van der Waals surface area contributed by atoms with E-state index < -0.39 is 0 Å². The topological polar surface area (TPSA) is 6.48 Å². The van der Waals surface area contributed by atoms with Crippen molar-refractivity contribution in [1.82, 2.24) is 0 Å². The van der Waals surface area contributed by atoms with Crippen LogP contribution in [-0.4, -0.2) is 0 Å². The predicted molar refractivity (Wildman–Crippen MR) is 284 cm³/mol. The summed E-state index contributed by atoms with van der Waals surface area (Å²) in [6.45, 7) is 8.88. The van der Waals surface area contributed by atoms with E-state index in [9.17, 15) is 0 Å². The average Bonchev–Trinajstić information content (AvgIpc) is 3.33. The third-order valence-electron chi connectivity index (χ3n) is 14.0. The molecule has 0 unspecified atom stereocenters. The fourth-order valence-electron chi connectivity index (χ4n) is 11.2. The standard InChI is InChI=1S/C64H52N2/c1-41-31-42(2)34-53(33-41)65(51-25-23-45-15-11-13-21-49(45)37-51)61-39-59(47-17-7-5-8-18-47)55-28-30-58-62(40-60(48-19-9-6-10-20-48)56-27-29-57(61)63(55)64(56)58)66(54-35-43(3)32-44(4)36-54)52-26-24-46-16-12-14-22-50(46)38-52/h5-10,13-14,17-40H,11-12,15-16H2,1-4H3. The molecule has 0 radical (unpaired) electrons. The molecule has 0 atom stereocenters. The third-order valence-corrected chi connectivity index (χ3v) is 14.0. The second-order valence-corrected chi connectivity index (χ2v) is 18.7. The lowest BCUT2D eigenvalue weighted by Gasteiger charge is -2.32. The molecule has 0 fully saturated rings. The highest BCUT2D eigenvalue weighted by molar-refractivity contribution is 6.32. The van der Waals surface area contributed by atoms with Gasteiger partial charge in [0.25, 0.3) is 0 Å². The van der Waals surface area contributed by atoms with Gasteiger partial charge in [-0.15, -0.1) is 0 Å². The summed E-state index contributed by atoms with van der Waals surface area (Å²) in [5.41, 5.74) is 22.2. The zero-order chi connectivity index (χ0) is 44.5. The highest BCUT2D eigenvalue weighted by Crippen LogP contribution is 2.52. The largest absolute Gasteiger partial charge is 0.310 e. The number of fused-ring (bicyclic) bond motifs is 2. The smallest absolute Gasteiger partial charge is 0.0546 e. The fourth-order valence-corrected chi connectivity index (χ4v) is 11.2. The molecule has 2 nitrogen and oxygen atoms in total. The Bertz CT molecular complexity index is 3300. The van der Waals surface area contributed by atoms with E-state index in [0.717, 1.165) is 48.4 Å². The second-order valence-electron chi connectivity index (χ2n) is 18.7. The fraction of sp³-hybridized carbons (Fsp3) is 0.125. The minimum Gasteiger partial charge on any atom is -0.310 e. The van der Waals surface area contributed by atoms with Crippen LogP contribution in [0.3, 0.4) is 0 Å². The number of aryl methyl sites for hydroxylation is 6. The van der Waals surface area contributed by atoms with Crippen LogP contribution in [0.2, 0.25) is 0 Å². The highest BCUT2D eigenvalue weighted by atomic mass is 15.2. The van der Waals surface area contributed by atoms with Gasteiger partial charge in [-0.2, -0.15) is 0 Å². The van der Waals surface area contributed by atoms with Crippen LogP contribution < -0.4 is 9.80 Å². The van der Waals surface area contributed by atoms with E-state index in [2.05, 4.69) is 232 Å². The Kier molecular flexibility index (Phi) is 9.72. The number of anilines is 6. The molecule has 66 heavy (non-hydrogen) atoms. The molecule has 0 saturated heterocycles. The molecule has 0 aliphatic heterocycles. The maximum Gasteiger partial charge on any atom is 0.0546 e. The number of hydrogen-bond donors (Lipinski definition) is 0. The molecule has 2 aliphatic rings.